The van der Waals surface area contributed by atoms with Gasteiger partial charge in [-0.1, -0.05) is 13.8 Å². The molecule has 0 spiro atoms. The van der Waals surface area contributed by atoms with Gasteiger partial charge in [0.25, 0.3) is 0 Å². The van der Waals surface area contributed by atoms with Crippen LogP contribution in [0.1, 0.15) is 65.7 Å². The molecule has 0 aromatic heterocycles. The molecular weight excluding hydrogens is 236 g/mol. The maximum atomic E-state index is 11.0. The Morgan fingerprint density at radius 3 is 2.11 bits per heavy atom. The zero-order chi connectivity index (χ0) is 14.1. The summed E-state index contributed by atoms with van der Waals surface area (Å²) < 4.78 is 0. The van der Waals surface area contributed by atoms with Crippen LogP contribution in [-0.2, 0) is 4.79 Å². The van der Waals surface area contributed by atoms with Crippen LogP contribution in [0.3, 0.4) is 0 Å². The van der Waals surface area contributed by atoms with Crippen LogP contribution in [0.5, 0.6) is 0 Å². The van der Waals surface area contributed by atoms with E-state index in [2.05, 4.69) is 24.1 Å². The van der Waals surface area contributed by atoms with Gasteiger partial charge in [0, 0.05) is 13.0 Å². The summed E-state index contributed by atoms with van der Waals surface area (Å²) in [5.74, 6) is 1.00. The largest absolute Gasteiger partial charge is 0.354 e. The third kappa shape index (κ3) is 6.95. The van der Waals surface area contributed by atoms with E-state index in [0.29, 0.717) is 6.04 Å². The summed E-state index contributed by atoms with van der Waals surface area (Å²) in [4.78, 5) is 13.6. The van der Waals surface area contributed by atoms with Crippen LogP contribution in [0.4, 0.5) is 0 Å². The standard InChI is InChI=1S/C16H32N2O/c1-4-11-18(12-5-2)13-10-15-6-8-16(9-7-15)17-14(3)19/h15-16H,4-13H2,1-3H3,(H,17,19)/t15-,16-. The van der Waals surface area contributed by atoms with Crippen molar-refractivity contribution in [1.29, 1.82) is 0 Å². The minimum atomic E-state index is 0.125. The van der Waals surface area contributed by atoms with Crippen LogP contribution in [0.2, 0.25) is 0 Å². The fraction of sp³-hybridized carbons (Fsp3) is 0.938. The molecule has 0 saturated heterocycles. The van der Waals surface area contributed by atoms with Gasteiger partial charge in [0.1, 0.15) is 0 Å². The molecule has 1 amide bonds. The number of nitrogens with one attached hydrogen (secondary N) is 1. The zero-order valence-electron chi connectivity index (χ0n) is 13.1. The molecule has 0 unspecified atom stereocenters. The van der Waals surface area contributed by atoms with Gasteiger partial charge in [-0.25, -0.2) is 0 Å². The average Bonchev–Trinajstić information content (AvgIpc) is 2.37. The SMILES string of the molecule is CCCN(CCC)CC[C@H]1CC[C@H](NC(C)=O)CC1. The topological polar surface area (TPSA) is 32.3 Å². The Morgan fingerprint density at radius 1 is 1.05 bits per heavy atom. The average molecular weight is 268 g/mol. The van der Waals surface area contributed by atoms with Crippen molar-refractivity contribution in [2.75, 3.05) is 19.6 Å². The molecule has 3 heteroatoms. The first kappa shape index (κ1) is 16.5. The van der Waals surface area contributed by atoms with Gasteiger partial charge in [0.2, 0.25) is 5.91 Å². The predicted molar refractivity (Wildman–Crippen MR) is 81.2 cm³/mol. The van der Waals surface area contributed by atoms with Gasteiger partial charge < -0.3 is 10.2 Å². The van der Waals surface area contributed by atoms with E-state index in [-0.39, 0.29) is 5.91 Å². The lowest BCUT2D eigenvalue weighted by Crippen LogP contribution is -2.37. The second-order valence-corrected chi connectivity index (χ2v) is 6.05. The Kier molecular flexibility index (Phi) is 8.11. The number of hydrogen-bond donors (Lipinski definition) is 1. The van der Waals surface area contributed by atoms with Crippen molar-refractivity contribution in [3.05, 3.63) is 0 Å². The first-order valence-electron chi connectivity index (χ1n) is 8.15. The minimum Gasteiger partial charge on any atom is -0.354 e. The second kappa shape index (κ2) is 9.35. The first-order valence-corrected chi connectivity index (χ1v) is 8.15. The molecule has 1 aliphatic rings. The lowest BCUT2D eigenvalue weighted by atomic mass is 9.84. The molecule has 19 heavy (non-hydrogen) atoms. The molecule has 0 bridgehead atoms. The quantitative estimate of drug-likeness (QED) is 0.733. The van der Waals surface area contributed by atoms with Crippen molar-refractivity contribution in [3.63, 3.8) is 0 Å². The van der Waals surface area contributed by atoms with Crippen LogP contribution in [-0.4, -0.2) is 36.5 Å². The summed E-state index contributed by atoms with van der Waals surface area (Å²) in [6.07, 6.45) is 8.78. The summed E-state index contributed by atoms with van der Waals surface area (Å²) in [6.45, 7) is 9.91. The second-order valence-electron chi connectivity index (χ2n) is 6.05. The molecule has 0 aromatic rings. The summed E-state index contributed by atoms with van der Waals surface area (Å²) in [6, 6.07) is 0.441. The van der Waals surface area contributed by atoms with Crippen LogP contribution < -0.4 is 5.32 Å². The molecule has 112 valence electrons. The molecule has 1 aliphatic carbocycles. The van der Waals surface area contributed by atoms with E-state index in [1.54, 1.807) is 6.92 Å². The van der Waals surface area contributed by atoms with Crippen LogP contribution in [0, 0.1) is 5.92 Å². The van der Waals surface area contributed by atoms with Crippen LogP contribution in [0.15, 0.2) is 0 Å². The highest BCUT2D eigenvalue weighted by molar-refractivity contribution is 5.73. The fourth-order valence-corrected chi connectivity index (χ4v) is 3.22. The highest BCUT2D eigenvalue weighted by Crippen LogP contribution is 2.27. The number of carbonyl (C=O) groups is 1. The third-order valence-electron chi connectivity index (χ3n) is 4.19. The van der Waals surface area contributed by atoms with Gasteiger partial charge in [-0.3, -0.25) is 4.79 Å². The highest BCUT2D eigenvalue weighted by atomic mass is 16.1. The fourth-order valence-electron chi connectivity index (χ4n) is 3.22. The molecule has 1 fully saturated rings. The van der Waals surface area contributed by atoms with Crippen LogP contribution >= 0.6 is 0 Å². The van der Waals surface area contributed by atoms with E-state index in [4.69, 9.17) is 0 Å². The molecule has 0 radical (unpaired) electrons. The van der Waals surface area contributed by atoms with Crippen molar-refractivity contribution < 1.29 is 4.79 Å². The molecular formula is C16H32N2O. The van der Waals surface area contributed by atoms with Crippen molar-refractivity contribution >= 4 is 5.91 Å². The Morgan fingerprint density at radius 2 is 1.63 bits per heavy atom. The Hall–Kier alpha value is -0.570. The van der Waals surface area contributed by atoms with E-state index in [9.17, 15) is 4.79 Å². The van der Waals surface area contributed by atoms with Gasteiger partial charge in [-0.15, -0.1) is 0 Å². The third-order valence-corrected chi connectivity index (χ3v) is 4.19. The molecule has 0 heterocycles. The summed E-state index contributed by atoms with van der Waals surface area (Å²) in [5, 5.41) is 3.06. The lowest BCUT2D eigenvalue weighted by molar-refractivity contribution is -0.119. The number of nitrogens with zero attached hydrogens (tertiary/aromatic N) is 1. The van der Waals surface area contributed by atoms with Gasteiger partial charge >= 0.3 is 0 Å². The first-order chi connectivity index (χ1) is 9.15. The molecule has 1 rings (SSSR count). The molecule has 0 atom stereocenters. The van der Waals surface area contributed by atoms with Crippen LogP contribution in [0.25, 0.3) is 0 Å². The summed E-state index contributed by atoms with van der Waals surface area (Å²) in [5.41, 5.74) is 0. The van der Waals surface area contributed by atoms with Crippen molar-refractivity contribution in [2.24, 2.45) is 5.92 Å². The normalized spacial score (nSPS) is 23.6. The van der Waals surface area contributed by atoms with E-state index >= 15 is 0 Å². The van der Waals surface area contributed by atoms with Crippen molar-refractivity contribution in [3.8, 4) is 0 Å². The molecule has 1 N–H and O–H groups in total. The molecule has 0 aliphatic heterocycles. The van der Waals surface area contributed by atoms with E-state index in [0.717, 1.165) is 5.92 Å². The monoisotopic (exact) mass is 268 g/mol. The van der Waals surface area contributed by atoms with Crippen molar-refractivity contribution in [1.82, 2.24) is 10.2 Å². The summed E-state index contributed by atoms with van der Waals surface area (Å²) >= 11 is 0. The smallest absolute Gasteiger partial charge is 0.217 e. The van der Waals surface area contributed by atoms with E-state index in [1.165, 1.54) is 64.6 Å². The minimum absolute atomic E-state index is 0.125. The summed E-state index contributed by atoms with van der Waals surface area (Å²) in [7, 11) is 0. The van der Waals surface area contributed by atoms with E-state index < -0.39 is 0 Å². The number of carbonyl (C=O) groups excluding carboxylic acids is 1. The predicted octanol–water partition coefficient (Wildman–Crippen LogP) is 3.19. The molecule has 3 nitrogen and oxygen atoms in total. The lowest BCUT2D eigenvalue weighted by Gasteiger charge is -2.30. The Labute approximate surface area is 119 Å². The maximum Gasteiger partial charge on any atom is 0.217 e. The number of amides is 1. The zero-order valence-corrected chi connectivity index (χ0v) is 13.1. The van der Waals surface area contributed by atoms with Crippen molar-refractivity contribution in [2.45, 2.75) is 71.8 Å². The highest BCUT2D eigenvalue weighted by Gasteiger charge is 2.21. The van der Waals surface area contributed by atoms with Gasteiger partial charge in [0.05, 0.1) is 0 Å². The molecule has 1 saturated carbocycles. The Bertz CT molecular complexity index is 241. The van der Waals surface area contributed by atoms with Gasteiger partial charge in [-0.05, 0) is 70.5 Å². The van der Waals surface area contributed by atoms with Gasteiger partial charge in [0.15, 0.2) is 0 Å². The molecule has 0 aromatic carbocycles. The Balaban J connectivity index is 2.19. The number of hydrogen-bond acceptors (Lipinski definition) is 2. The number of rotatable bonds is 8. The maximum absolute atomic E-state index is 11.0. The van der Waals surface area contributed by atoms with Gasteiger partial charge in [-0.2, -0.15) is 0 Å². The van der Waals surface area contributed by atoms with E-state index in [1.807, 2.05) is 0 Å².